The van der Waals surface area contributed by atoms with Crippen LogP contribution in [-0.4, -0.2) is 71.8 Å². The molecular weight excluding hydrogens is 506 g/mol. The Bertz CT molecular complexity index is 1140. The van der Waals surface area contributed by atoms with Gasteiger partial charge in [0.2, 0.25) is 11.7 Å². The summed E-state index contributed by atoms with van der Waals surface area (Å²) < 4.78 is 16.3. The number of aryl methyl sites for hydroxylation is 1. The van der Waals surface area contributed by atoms with E-state index in [9.17, 15) is 9.59 Å². The molecule has 0 atom stereocenters. The third kappa shape index (κ3) is 11.5. The summed E-state index contributed by atoms with van der Waals surface area (Å²) in [6.07, 6.45) is 0.242. The van der Waals surface area contributed by atoms with Crippen LogP contribution in [0.5, 0.6) is 5.75 Å². The lowest BCUT2D eigenvalue weighted by molar-refractivity contribution is -0.123. The van der Waals surface area contributed by atoms with Gasteiger partial charge in [-0.1, -0.05) is 36.4 Å². The molecule has 0 saturated heterocycles. The minimum Gasteiger partial charge on any atom is -0.484 e. The predicted molar refractivity (Wildman–Crippen MR) is 140 cm³/mol. The molecule has 1 aromatic heterocycles. The number of nitrogens with zero attached hydrogens (tertiary/aromatic N) is 4. The van der Waals surface area contributed by atoms with Gasteiger partial charge in [-0.05, 0) is 30.2 Å². The number of carbonyl (C=O) groups is 2. The van der Waals surface area contributed by atoms with E-state index in [0.29, 0.717) is 56.9 Å². The number of rotatable bonds is 17. The zero-order valence-corrected chi connectivity index (χ0v) is 21.8. The lowest BCUT2D eigenvalue weighted by atomic mass is 10.1. The maximum Gasteiger partial charge on any atom is 0.258 e. The van der Waals surface area contributed by atoms with Crippen LogP contribution in [0.4, 0.5) is 0 Å². The Kier molecular flexibility index (Phi) is 12.7. The fourth-order valence-electron chi connectivity index (χ4n) is 3.18. The predicted octanol–water partition coefficient (Wildman–Crippen LogP) is 0.867. The molecule has 0 radical (unpaired) electrons. The quantitative estimate of drug-likeness (QED) is 0.164. The average Bonchev–Trinajstić information content (AvgIpc) is 2.95. The first-order valence-electron chi connectivity index (χ1n) is 12.4. The molecule has 1 heterocycles. The van der Waals surface area contributed by atoms with E-state index >= 15 is 0 Å². The summed E-state index contributed by atoms with van der Waals surface area (Å²) in [6, 6.07) is 14.6. The van der Waals surface area contributed by atoms with Crippen molar-refractivity contribution in [3.8, 4) is 17.1 Å². The van der Waals surface area contributed by atoms with E-state index < -0.39 is 0 Å². The third-order valence-corrected chi connectivity index (χ3v) is 5.24. The second kappa shape index (κ2) is 16.7. The molecule has 4 N–H and O–H groups in total. The smallest absolute Gasteiger partial charge is 0.258 e. The Morgan fingerprint density at radius 3 is 2.15 bits per heavy atom. The first-order chi connectivity index (χ1) is 19.0. The summed E-state index contributed by atoms with van der Waals surface area (Å²) in [4.78, 5) is 28.5. The highest BCUT2D eigenvalue weighted by atomic mass is 16.6. The SMILES string of the molecule is Cc1nnc(-c2ccc(CNC(=O)CCOCCOCCNC(=O)COc3ccc(CON)cc3)cc2)nn1. The third-order valence-electron chi connectivity index (χ3n) is 5.24. The molecule has 0 aliphatic rings. The van der Waals surface area contributed by atoms with E-state index in [1.54, 1.807) is 19.1 Å². The summed E-state index contributed by atoms with van der Waals surface area (Å²) >= 11 is 0. The molecule has 39 heavy (non-hydrogen) atoms. The van der Waals surface area contributed by atoms with E-state index in [-0.39, 0.29) is 31.4 Å². The first-order valence-corrected chi connectivity index (χ1v) is 12.4. The molecule has 0 aliphatic heterocycles. The van der Waals surface area contributed by atoms with Crippen LogP contribution in [0, 0.1) is 6.92 Å². The van der Waals surface area contributed by atoms with Gasteiger partial charge in [-0.25, -0.2) is 5.90 Å². The van der Waals surface area contributed by atoms with Gasteiger partial charge in [0.15, 0.2) is 12.4 Å². The summed E-state index contributed by atoms with van der Waals surface area (Å²) in [5.41, 5.74) is 2.65. The van der Waals surface area contributed by atoms with Gasteiger partial charge in [0.25, 0.3) is 5.91 Å². The number of nitrogens with two attached hydrogens (primary N) is 1. The minimum absolute atomic E-state index is 0.0962. The first kappa shape index (κ1) is 29.5. The van der Waals surface area contributed by atoms with Crippen molar-refractivity contribution in [1.29, 1.82) is 0 Å². The molecule has 2 amide bonds. The van der Waals surface area contributed by atoms with Gasteiger partial charge in [0.1, 0.15) is 5.75 Å². The monoisotopic (exact) mass is 539 g/mol. The van der Waals surface area contributed by atoms with Crippen LogP contribution in [0.25, 0.3) is 11.4 Å². The van der Waals surface area contributed by atoms with E-state index in [2.05, 4.69) is 35.9 Å². The van der Waals surface area contributed by atoms with Crippen LogP contribution < -0.4 is 21.3 Å². The van der Waals surface area contributed by atoms with Crippen LogP contribution in [-0.2, 0) is 37.1 Å². The Morgan fingerprint density at radius 1 is 0.795 bits per heavy atom. The fraction of sp³-hybridized carbons (Fsp3) is 0.385. The molecule has 0 unspecified atom stereocenters. The number of amides is 2. The van der Waals surface area contributed by atoms with Gasteiger partial charge in [-0.15, -0.1) is 20.4 Å². The maximum atomic E-state index is 12.0. The number of hydrogen-bond donors (Lipinski definition) is 3. The van der Waals surface area contributed by atoms with Crippen molar-refractivity contribution >= 4 is 11.8 Å². The molecule has 0 bridgehead atoms. The van der Waals surface area contributed by atoms with Gasteiger partial charge < -0.3 is 24.8 Å². The number of hydrogen-bond acceptors (Lipinski definition) is 11. The molecule has 3 rings (SSSR count). The number of aromatic nitrogens is 4. The van der Waals surface area contributed by atoms with Crippen molar-refractivity contribution in [2.24, 2.45) is 5.90 Å². The average molecular weight is 540 g/mol. The molecule has 3 aromatic rings. The molecular formula is C26H33N7O6. The van der Waals surface area contributed by atoms with Crippen molar-refractivity contribution in [1.82, 2.24) is 31.0 Å². The largest absolute Gasteiger partial charge is 0.484 e. The number of nitrogens with one attached hydrogen (secondary N) is 2. The van der Waals surface area contributed by atoms with E-state index in [4.69, 9.17) is 20.1 Å². The Morgan fingerprint density at radius 2 is 1.46 bits per heavy atom. The van der Waals surface area contributed by atoms with Crippen molar-refractivity contribution in [3.63, 3.8) is 0 Å². The molecule has 13 nitrogen and oxygen atoms in total. The van der Waals surface area contributed by atoms with Crippen LogP contribution in [0.15, 0.2) is 48.5 Å². The topological polar surface area (TPSA) is 173 Å². The standard InChI is InChI=1S/C26H33N7O6/c1-19-30-32-26(33-31-19)22-6-2-20(3-7-22)16-29-24(34)10-12-36-14-15-37-13-11-28-25(35)18-38-23-8-4-21(5-9-23)17-39-27/h2-9H,10-18,27H2,1H3,(H,28,35)(H,29,34). The van der Waals surface area contributed by atoms with E-state index in [1.165, 1.54) is 0 Å². The van der Waals surface area contributed by atoms with Crippen LogP contribution >= 0.6 is 0 Å². The zero-order valence-electron chi connectivity index (χ0n) is 21.8. The normalized spacial score (nSPS) is 10.7. The maximum absolute atomic E-state index is 12.0. The number of ether oxygens (including phenoxy) is 3. The van der Waals surface area contributed by atoms with E-state index in [0.717, 1.165) is 16.7 Å². The van der Waals surface area contributed by atoms with Crippen LogP contribution in [0.2, 0.25) is 0 Å². The highest BCUT2D eigenvalue weighted by Crippen LogP contribution is 2.14. The van der Waals surface area contributed by atoms with Crippen LogP contribution in [0.3, 0.4) is 0 Å². The summed E-state index contributed by atoms with van der Waals surface area (Å²) in [6.45, 7) is 4.02. The molecule has 13 heteroatoms. The second-order valence-corrected chi connectivity index (χ2v) is 8.31. The van der Waals surface area contributed by atoms with Gasteiger partial charge in [-0.2, -0.15) is 0 Å². The van der Waals surface area contributed by atoms with E-state index in [1.807, 2.05) is 36.4 Å². The van der Waals surface area contributed by atoms with Crippen molar-refractivity contribution in [3.05, 3.63) is 65.5 Å². The zero-order chi connectivity index (χ0) is 27.7. The Hall–Kier alpha value is -4.04. The van der Waals surface area contributed by atoms with Crippen LogP contribution in [0.1, 0.15) is 23.4 Å². The highest BCUT2D eigenvalue weighted by Gasteiger charge is 2.06. The fourth-order valence-corrected chi connectivity index (χ4v) is 3.18. The van der Waals surface area contributed by atoms with Gasteiger partial charge in [0.05, 0.1) is 33.0 Å². The van der Waals surface area contributed by atoms with Crippen molar-refractivity contribution in [2.45, 2.75) is 26.5 Å². The number of carbonyl (C=O) groups excluding carboxylic acids is 2. The molecule has 0 spiro atoms. The highest BCUT2D eigenvalue weighted by molar-refractivity contribution is 5.77. The summed E-state index contributed by atoms with van der Waals surface area (Å²) in [5.74, 6) is 6.21. The molecule has 2 aromatic carbocycles. The lowest BCUT2D eigenvalue weighted by Crippen LogP contribution is -2.31. The molecule has 0 aliphatic carbocycles. The molecule has 0 fully saturated rings. The van der Waals surface area contributed by atoms with Gasteiger partial charge in [0, 0.05) is 25.1 Å². The molecule has 208 valence electrons. The summed E-state index contributed by atoms with van der Waals surface area (Å²) in [5, 5.41) is 21.4. The minimum atomic E-state index is -0.249. The lowest BCUT2D eigenvalue weighted by Gasteiger charge is -2.09. The Labute approximate surface area is 226 Å². The molecule has 0 saturated carbocycles. The second-order valence-electron chi connectivity index (χ2n) is 8.31. The van der Waals surface area contributed by atoms with Gasteiger partial charge in [-0.3, -0.25) is 14.4 Å². The Balaban J connectivity index is 1.15. The van der Waals surface area contributed by atoms with Gasteiger partial charge >= 0.3 is 0 Å². The van der Waals surface area contributed by atoms with Crippen molar-refractivity contribution in [2.75, 3.05) is 39.6 Å². The summed E-state index contributed by atoms with van der Waals surface area (Å²) in [7, 11) is 0. The van der Waals surface area contributed by atoms with Crippen molar-refractivity contribution < 1.29 is 28.6 Å². The number of benzene rings is 2.